The summed E-state index contributed by atoms with van der Waals surface area (Å²) in [5.41, 5.74) is 2.45. The van der Waals surface area contributed by atoms with Crippen LogP contribution in [0.15, 0.2) is 24.3 Å². The number of rotatable bonds is 1. The summed E-state index contributed by atoms with van der Waals surface area (Å²) >= 11 is 0. The maximum Gasteiger partial charge on any atom is 0.110 e. The van der Waals surface area contributed by atoms with E-state index in [1.54, 1.807) is 0 Å². The molecule has 1 aliphatic rings. The van der Waals surface area contributed by atoms with Crippen LogP contribution >= 0.6 is 0 Å². The summed E-state index contributed by atoms with van der Waals surface area (Å²) < 4.78 is 2.38. The molecule has 0 N–H and O–H groups in total. The van der Waals surface area contributed by atoms with Gasteiger partial charge in [0.25, 0.3) is 0 Å². The van der Waals surface area contributed by atoms with Gasteiger partial charge in [-0.25, -0.2) is 4.98 Å². The van der Waals surface area contributed by atoms with Crippen LogP contribution in [-0.4, -0.2) is 9.55 Å². The molecule has 72 valence electrons. The second kappa shape index (κ2) is 2.84. The number of fused-ring (bicyclic) bond motifs is 3. The van der Waals surface area contributed by atoms with Crippen LogP contribution in [0.25, 0.3) is 11.0 Å². The van der Waals surface area contributed by atoms with Gasteiger partial charge in [-0.1, -0.05) is 25.5 Å². The molecule has 2 heterocycles. The van der Waals surface area contributed by atoms with E-state index in [-0.39, 0.29) is 0 Å². The van der Waals surface area contributed by atoms with Crippen LogP contribution in [0.3, 0.4) is 0 Å². The molecule has 0 saturated heterocycles. The molecular formula is C12H14N2. The average molecular weight is 186 g/mol. The number of para-hydroxylation sites is 2. The Labute approximate surface area is 83.6 Å². The van der Waals surface area contributed by atoms with Gasteiger partial charge < -0.3 is 4.57 Å². The summed E-state index contributed by atoms with van der Waals surface area (Å²) in [5.74, 6) is 2.08. The van der Waals surface area contributed by atoms with Gasteiger partial charge in [-0.2, -0.15) is 0 Å². The second-order valence-corrected chi connectivity index (χ2v) is 4.11. The number of aromatic nitrogens is 2. The Kier molecular flexibility index (Phi) is 1.63. The normalized spacial score (nSPS) is 20.2. The van der Waals surface area contributed by atoms with Gasteiger partial charge >= 0.3 is 0 Å². The van der Waals surface area contributed by atoms with Crippen molar-refractivity contribution in [2.45, 2.75) is 26.3 Å². The van der Waals surface area contributed by atoms with Crippen LogP contribution in [0, 0.1) is 5.92 Å². The van der Waals surface area contributed by atoms with Crippen LogP contribution in [0.2, 0.25) is 0 Å². The van der Waals surface area contributed by atoms with Crippen LogP contribution in [0.4, 0.5) is 0 Å². The lowest BCUT2D eigenvalue weighted by Gasteiger charge is -2.04. The average Bonchev–Trinajstić information content (AvgIpc) is 2.73. The van der Waals surface area contributed by atoms with Crippen molar-refractivity contribution >= 4 is 11.0 Å². The fourth-order valence-electron chi connectivity index (χ4n) is 2.34. The lowest BCUT2D eigenvalue weighted by Crippen LogP contribution is -2.00. The van der Waals surface area contributed by atoms with Crippen molar-refractivity contribution in [2.24, 2.45) is 5.92 Å². The van der Waals surface area contributed by atoms with Gasteiger partial charge in [-0.3, -0.25) is 0 Å². The van der Waals surface area contributed by atoms with Crippen molar-refractivity contribution < 1.29 is 0 Å². The molecule has 0 saturated carbocycles. The first kappa shape index (κ1) is 8.04. The van der Waals surface area contributed by atoms with Gasteiger partial charge in [0.15, 0.2) is 0 Å². The first-order chi connectivity index (χ1) is 6.88. The summed E-state index contributed by atoms with van der Waals surface area (Å²) in [6.45, 7) is 3.42. The molecule has 0 bridgehead atoms. The van der Waals surface area contributed by atoms with E-state index < -0.39 is 0 Å². The second-order valence-electron chi connectivity index (χ2n) is 4.11. The van der Waals surface area contributed by atoms with Crippen molar-refractivity contribution in [1.29, 1.82) is 0 Å². The highest BCUT2D eigenvalue weighted by atomic mass is 15.1. The van der Waals surface area contributed by atoms with E-state index in [0.717, 1.165) is 24.4 Å². The zero-order valence-electron chi connectivity index (χ0n) is 8.40. The molecule has 0 amide bonds. The molecule has 3 rings (SSSR count). The maximum atomic E-state index is 4.65. The quantitative estimate of drug-likeness (QED) is 0.669. The monoisotopic (exact) mass is 186 g/mol. The van der Waals surface area contributed by atoms with E-state index in [4.69, 9.17) is 0 Å². The van der Waals surface area contributed by atoms with Gasteiger partial charge in [0.1, 0.15) is 5.82 Å². The van der Waals surface area contributed by atoms with E-state index in [1.807, 2.05) is 0 Å². The highest BCUT2D eigenvalue weighted by Gasteiger charge is 2.22. The zero-order chi connectivity index (χ0) is 9.54. The minimum absolute atomic E-state index is 0.808. The molecule has 0 spiro atoms. The Bertz CT molecular complexity index is 470. The zero-order valence-corrected chi connectivity index (χ0v) is 8.40. The molecule has 2 nitrogen and oxygen atoms in total. The predicted molar refractivity (Wildman–Crippen MR) is 57.2 cm³/mol. The van der Waals surface area contributed by atoms with Crippen molar-refractivity contribution in [2.75, 3.05) is 0 Å². The van der Waals surface area contributed by atoms with Crippen LogP contribution in [-0.2, 0) is 13.0 Å². The smallest absolute Gasteiger partial charge is 0.110 e. The van der Waals surface area contributed by atoms with Gasteiger partial charge in [0, 0.05) is 13.0 Å². The van der Waals surface area contributed by atoms with Crippen LogP contribution in [0.1, 0.15) is 19.2 Å². The van der Waals surface area contributed by atoms with Crippen molar-refractivity contribution in [3.8, 4) is 0 Å². The molecule has 2 heteroatoms. The third kappa shape index (κ3) is 0.999. The minimum Gasteiger partial charge on any atom is -0.328 e. The summed E-state index contributed by atoms with van der Waals surface area (Å²) in [6.07, 6.45) is 2.42. The number of nitrogens with zero attached hydrogens (tertiary/aromatic N) is 2. The van der Waals surface area contributed by atoms with E-state index >= 15 is 0 Å². The lowest BCUT2D eigenvalue weighted by molar-refractivity contribution is 0.502. The fraction of sp³-hybridized carbons (Fsp3) is 0.417. The summed E-state index contributed by atoms with van der Waals surface area (Å²) in [5, 5.41) is 0. The van der Waals surface area contributed by atoms with E-state index in [9.17, 15) is 0 Å². The number of hydrogen-bond donors (Lipinski definition) is 0. The Hall–Kier alpha value is -1.31. The summed E-state index contributed by atoms with van der Waals surface area (Å²) in [6, 6.07) is 8.42. The number of imidazole rings is 1. The topological polar surface area (TPSA) is 17.8 Å². The first-order valence-corrected chi connectivity index (χ1v) is 5.32. The van der Waals surface area contributed by atoms with Crippen LogP contribution < -0.4 is 0 Å². The minimum atomic E-state index is 0.808. The van der Waals surface area contributed by atoms with Crippen LogP contribution in [0.5, 0.6) is 0 Å². The molecule has 0 unspecified atom stereocenters. The third-order valence-corrected chi connectivity index (χ3v) is 3.22. The maximum absolute atomic E-state index is 4.65. The molecular weight excluding hydrogens is 172 g/mol. The third-order valence-electron chi connectivity index (χ3n) is 3.22. The van der Waals surface area contributed by atoms with E-state index in [1.165, 1.54) is 17.8 Å². The van der Waals surface area contributed by atoms with E-state index in [0.29, 0.717) is 0 Å². The molecule has 1 aliphatic heterocycles. The molecule has 1 aromatic carbocycles. The van der Waals surface area contributed by atoms with Gasteiger partial charge in [-0.15, -0.1) is 0 Å². The van der Waals surface area contributed by atoms with Gasteiger partial charge in [-0.05, 0) is 18.1 Å². The van der Waals surface area contributed by atoms with Crippen molar-refractivity contribution in [3.63, 3.8) is 0 Å². The molecule has 0 fully saturated rings. The Morgan fingerprint density at radius 1 is 1.43 bits per heavy atom. The highest BCUT2D eigenvalue weighted by molar-refractivity contribution is 5.76. The van der Waals surface area contributed by atoms with Gasteiger partial charge in [0.2, 0.25) is 0 Å². The fourth-order valence-corrected chi connectivity index (χ4v) is 2.34. The van der Waals surface area contributed by atoms with Crippen molar-refractivity contribution in [3.05, 3.63) is 30.1 Å². The molecule has 1 atom stereocenters. The predicted octanol–water partition coefficient (Wildman–Crippen LogP) is 2.62. The standard InChI is InChI=1S/C12H14N2/c1-2-9-7-12-13-10-5-3-4-6-11(10)14(12)8-9/h3-6,9H,2,7-8H2,1H3/t9-/m0/s1. The van der Waals surface area contributed by atoms with Gasteiger partial charge in [0.05, 0.1) is 11.0 Å². The van der Waals surface area contributed by atoms with Crippen molar-refractivity contribution in [1.82, 2.24) is 9.55 Å². The Morgan fingerprint density at radius 2 is 2.29 bits per heavy atom. The number of hydrogen-bond acceptors (Lipinski definition) is 1. The SMILES string of the molecule is CC[C@H]1Cc2nc3ccccc3n2C1. The molecule has 2 aromatic rings. The first-order valence-electron chi connectivity index (χ1n) is 5.32. The van der Waals surface area contributed by atoms with E-state index in [2.05, 4.69) is 40.7 Å². The Balaban J connectivity index is 2.16. The molecule has 0 radical (unpaired) electrons. The molecule has 14 heavy (non-hydrogen) atoms. The summed E-state index contributed by atoms with van der Waals surface area (Å²) in [4.78, 5) is 4.65. The Morgan fingerprint density at radius 3 is 3.14 bits per heavy atom. The number of benzene rings is 1. The largest absolute Gasteiger partial charge is 0.328 e. The molecule has 0 aliphatic carbocycles. The lowest BCUT2D eigenvalue weighted by atomic mass is 10.1. The highest BCUT2D eigenvalue weighted by Crippen LogP contribution is 2.27. The molecule has 1 aromatic heterocycles. The summed E-state index contributed by atoms with van der Waals surface area (Å²) in [7, 11) is 0.